The van der Waals surface area contributed by atoms with Gasteiger partial charge in [-0.1, -0.05) is 18.0 Å². The standard InChI is InChI=1S/C19H30N2O3/c1-5-23-17-12-16(19(17)10-6-7-11-19)21(4)18(22)9-8-15-13(2)20-24-14(15)3/h16-17H,5-12H2,1-4H3/t16-,17-/m1/s1. The Bertz CT molecular complexity index is 570. The van der Waals surface area contributed by atoms with E-state index in [0.717, 1.165) is 30.0 Å². The molecule has 0 aromatic carbocycles. The molecule has 2 aliphatic rings. The van der Waals surface area contributed by atoms with E-state index in [9.17, 15) is 4.79 Å². The molecule has 24 heavy (non-hydrogen) atoms. The van der Waals surface area contributed by atoms with Gasteiger partial charge in [0.05, 0.1) is 11.8 Å². The van der Waals surface area contributed by atoms with E-state index < -0.39 is 0 Å². The molecule has 5 heteroatoms. The van der Waals surface area contributed by atoms with E-state index in [1.807, 2.05) is 25.8 Å². The van der Waals surface area contributed by atoms with Crippen molar-refractivity contribution in [2.24, 2.45) is 5.41 Å². The first-order valence-electron chi connectivity index (χ1n) is 9.28. The lowest BCUT2D eigenvalue weighted by molar-refractivity contribution is -0.172. The first-order chi connectivity index (χ1) is 11.5. The number of carbonyl (C=O) groups excluding carboxylic acids is 1. The minimum Gasteiger partial charge on any atom is -0.378 e. The first-order valence-corrected chi connectivity index (χ1v) is 9.28. The van der Waals surface area contributed by atoms with Crippen molar-refractivity contribution in [2.75, 3.05) is 13.7 Å². The molecule has 0 saturated heterocycles. The number of ether oxygens (including phenoxy) is 1. The van der Waals surface area contributed by atoms with Crippen LogP contribution in [0.5, 0.6) is 0 Å². The smallest absolute Gasteiger partial charge is 0.222 e. The summed E-state index contributed by atoms with van der Waals surface area (Å²) < 4.78 is 11.2. The van der Waals surface area contributed by atoms with Crippen LogP contribution in [-0.2, 0) is 16.0 Å². The van der Waals surface area contributed by atoms with Crippen molar-refractivity contribution in [3.05, 3.63) is 17.0 Å². The molecule has 0 bridgehead atoms. The van der Waals surface area contributed by atoms with E-state index in [0.29, 0.717) is 25.0 Å². The monoisotopic (exact) mass is 334 g/mol. The van der Waals surface area contributed by atoms with Crippen LogP contribution in [0.2, 0.25) is 0 Å². The van der Waals surface area contributed by atoms with E-state index in [1.165, 1.54) is 25.7 Å². The summed E-state index contributed by atoms with van der Waals surface area (Å²) >= 11 is 0. The van der Waals surface area contributed by atoms with Crippen molar-refractivity contribution >= 4 is 5.91 Å². The van der Waals surface area contributed by atoms with Crippen molar-refractivity contribution in [1.29, 1.82) is 0 Å². The number of rotatable bonds is 6. The predicted octanol–water partition coefficient (Wildman–Crippen LogP) is 3.42. The third kappa shape index (κ3) is 2.87. The molecule has 1 aromatic rings. The van der Waals surface area contributed by atoms with Gasteiger partial charge in [0.25, 0.3) is 0 Å². The van der Waals surface area contributed by atoms with E-state index in [4.69, 9.17) is 9.26 Å². The van der Waals surface area contributed by atoms with Crippen LogP contribution in [0, 0.1) is 19.3 Å². The number of aryl methyl sites for hydroxylation is 2. The SMILES string of the molecule is CCO[C@@H]1C[C@@H](N(C)C(=O)CCc2c(C)noc2C)C12CCCC2. The Kier molecular flexibility index (Phi) is 5.00. The van der Waals surface area contributed by atoms with Crippen molar-refractivity contribution in [3.8, 4) is 0 Å². The molecule has 0 unspecified atom stereocenters. The van der Waals surface area contributed by atoms with Crippen LogP contribution in [0.1, 0.15) is 62.5 Å². The predicted molar refractivity (Wildman–Crippen MR) is 91.8 cm³/mol. The zero-order valence-electron chi connectivity index (χ0n) is 15.4. The molecule has 3 rings (SSSR count). The van der Waals surface area contributed by atoms with Crippen LogP contribution >= 0.6 is 0 Å². The molecular weight excluding hydrogens is 304 g/mol. The Morgan fingerprint density at radius 2 is 2.08 bits per heavy atom. The average molecular weight is 334 g/mol. The quantitative estimate of drug-likeness (QED) is 0.800. The summed E-state index contributed by atoms with van der Waals surface area (Å²) in [6.07, 6.45) is 7.48. The molecule has 0 radical (unpaired) electrons. The number of hydrogen-bond donors (Lipinski definition) is 0. The molecule has 2 saturated carbocycles. The van der Waals surface area contributed by atoms with E-state index in [1.54, 1.807) is 0 Å². The van der Waals surface area contributed by atoms with Gasteiger partial charge in [0.2, 0.25) is 5.91 Å². The zero-order valence-corrected chi connectivity index (χ0v) is 15.4. The maximum atomic E-state index is 12.7. The van der Waals surface area contributed by atoms with Crippen LogP contribution in [0.15, 0.2) is 4.52 Å². The molecule has 2 atom stereocenters. The lowest BCUT2D eigenvalue weighted by Gasteiger charge is -2.57. The van der Waals surface area contributed by atoms with Gasteiger partial charge in [0, 0.05) is 37.1 Å². The van der Waals surface area contributed by atoms with Crippen LogP contribution in [0.25, 0.3) is 0 Å². The zero-order chi connectivity index (χ0) is 17.3. The van der Waals surface area contributed by atoms with Gasteiger partial charge < -0.3 is 14.2 Å². The van der Waals surface area contributed by atoms with Gasteiger partial charge in [-0.05, 0) is 46.5 Å². The fourth-order valence-corrected chi connectivity index (χ4v) is 4.83. The number of nitrogens with zero attached hydrogens (tertiary/aromatic N) is 2. The van der Waals surface area contributed by atoms with Crippen molar-refractivity contribution in [3.63, 3.8) is 0 Å². The number of carbonyl (C=O) groups is 1. The minimum atomic E-state index is 0.212. The summed E-state index contributed by atoms with van der Waals surface area (Å²) in [6, 6.07) is 0.341. The first kappa shape index (κ1) is 17.5. The van der Waals surface area contributed by atoms with Gasteiger partial charge in [-0.2, -0.15) is 0 Å². The fourth-order valence-electron chi connectivity index (χ4n) is 4.83. The average Bonchev–Trinajstić information content (AvgIpc) is 3.18. The number of hydrogen-bond acceptors (Lipinski definition) is 4. The molecule has 5 nitrogen and oxygen atoms in total. The molecule has 1 aromatic heterocycles. The molecule has 0 aliphatic heterocycles. The normalized spacial score (nSPS) is 25.0. The Balaban J connectivity index is 1.61. The largest absolute Gasteiger partial charge is 0.378 e. The highest BCUT2D eigenvalue weighted by molar-refractivity contribution is 5.77. The van der Waals surface area contributed by atoms with Gasteiger partial charge in [-0.3, -0.25) is 4.79 Å². The number of amides is 1. The Morgan fingerprint density at radius 3 is 2.67 bits per heavy atom. The molecule has 2 fully saturated rings. The summed E-state index contributed by atoms with van der Waals surface area (Å²) in [7, 11) is 1.97. The van der Waals surface area contributed by atoms with E-state index in [2.05, 4.69) is 12.1 Å². The third-order valence-corrected chi connectivity index (χ3v) is 6.28. The van der Waals surface area contributed by atoms with Gasteiger partial charge in [0.1, 0.15) is 5.76 Å². The van der Waals surface area contributed by atoms with Gasteiger partial charge in [0.15, 0.2) is 0 Å². The maximum Gasteiger partial charge on any atom is 0.222 e. The summed E-state index contributed by atoms with van der Waals surface area (Å²) in [6.45, 7) is 6.68. The van der Waals surface area contributed by atoms with Crippen molar-refractivity contribution in [2.45, 2.75) is 77.9 Å². The summed E-state index contributed by atoms with van der Waals surface area (Å²) in [4.78, 5) is 14.7. The molecule has 1 spiro atoms. The molecule has 134 valence electrons. The lowest BCUT2D eigenvalue weighted by Crippen LogP contribution is -2.64. The highest BCUT2D eigenvalue weighted by Crippen LogP contribution is 2.56. The second-order valence-corrected chi connectivity index (χ2v) is 7.44. The number of aromatic nitrogens is 1. The topological polar surface area (TPSA) is 55.6 Å². The minimum absolute atomic E-state index is 0.212. The van der Waals surface area contributed by atoms with Crippen LogP contribution in [-0.4, -0.2) is 41.8 Å². The Labute approximate surface area is 144 Å². The second kappa shape index (κ2) is 6.87. The second-order valence-electron chi connectivity index (χ2n) is 7.44. The van der Waals surface area contributed by atoms with E-state index >= 15 is 0 Å². The summed E-state index contributed by atoms with van der Waals surface area (Å²) in [5.74, 6) is 1.05. The molecular formula is C19H30N2O3. The van der Waals surface area contributed by atoms with Gasteiger partial charge >= 0.3 is 0 Å². The van der Waals surface area contributed by atoms with Crippen molar-refractivity contribution in [1.82, 2.24) is 10.1 Å². The summed E-state index contributed by atoms with van der Waals surface area (Å²) in [5.41, 5.74) is 2.19. The fraction of sp³-hybridized carbons (Fsp3) is 0.789. The highest BCUT2D eigenvalue weighted by Gasteiger charge is 2.58. The molecule has 0 N–H and O–H groups in total. The molecule has 1 amide bonds. The van der Waals surface area contributed by atoms with Crippen LogP contribution < -0.4 is 0 Å². The Hall–Kier alpha value is -1.36. The van der Waals surface area contributed by atoms with Gasteiger partial charge in [-0.25, -0.2) is 0 Å². The van der Waals surface area contributed by atoms with Crippen molar-refractivity contribution < 1.29 is 14.1 Å². The van der Waals surface area contributed by atoms with Gasteiger partial charge in [-0.15, -0.1) is 0 Å². The van der Waals surface area contributed by atoms with Crippen LogP contribution in [0.4, 0.5) is 0 Å². The lowest BCUT2D eigenvalue weighted by atomic mass is 9.60. The highest BCUT2D eigenvalue weighted by atomic mass is 16.5. The summed E-state index contributed by atoms with van der Waals surface area (Å²) in [5, 5.41) is 3.97. The molecule has 1 heterocycles. The molecule has 2 aliphatic carbocycles. The third-order valence-electron chi connectivity index (χ3n) is 6.28. The van der Waals surface area contributed by atoms with Crippen LogP contribution in [0.3, 0.4) is 0 Å². The maximum absolute atomic E-state index is 12.7. The van der Waals surface area contributed by atoms with E-state index in [-0.39, 0.29) is 11.3 Å². The Morgan fingerprint density at radius 1 is 1.38 bits per heavy atom.